The summed E-state index contributed by atoms with van der Waals surface area (Å²) in [7, 11) is 0. The highest BCUT2D eigenvalue weighted by Gasteiger charge is 2.41. The van der Waals surface area contributed by atoms with E-state index in [0.717, 1.165) is 44.8 Å². The number of nitrogens with one attached hydrogen (secondary N) is 3. The molecular formula is C53H55N7O9. The molecule has 356 valence electrons. The van der Waals surface area contributed by atoms with Crippen LogP contribution in [0.5, 0.6) is 34.5 Å². The fourth-order valence-electron chi connectivity index (χ4n) is 9.47. The Hall–Kier alpha value is -7.75. The van der Waals surface area contributed by atoms with E-state index in [-0.39, 0.29) is 37.6 Å². The zero-order valence-electron chi connectivity index (χ0n) is 39.8. The summed E-state index contributed by atoms with van der Waals surface area (Å²) >= 11 is 0. The van der Waals surface area contributed by atoms with E-state index < -0.39 is 22.7 Å². The van der Waals surface area contributed by atoms with Crippen LogP contribution in [0.3, 0.4) is 0 Å². The van der Waals surface area contributed by atoms with Crippen molar-refractivity contribution in [3.63, 3.8) is 0 Å². The molecule has 0 spiro atoms. The molecular weight excluding hydrogens is 879 g/mol. The van der Waals surface area contributed by atoms with Gasteiger partial charge in [0.05, 0.1) is 11.4 Å². The Morgan fingerprint density at radius 2 is 1.14 bits per heavy atom. The number of anilines is 3. The smallest absolute Gasteiger partial charge is 0.264 e. The van der Waals surface area contributed by atoms with Crippen LogP contribution in [0.2, 0.25) is 0 Å². The summed E-state index contributed by atoms with van der Waals surface area (Å²) in [5.74, 6) is 2.25. The predicted molar refractivity (Wildman–Crippen MR) is 258 cm³/mol. The van der Waals surface area contributed by atoms with Crippen molar-refractivity contribution >= 4 is 35.0 Å². The van der Waals surface area contributed by atoms with Gasteiger partial charge in [0, 0.05) is 85.0 Å². The first-order chi connectivity index (χ1) is 33.0. The number of benzene rings is 3. The molecule has 3 aromatic heterocycles. The van der Waals surface area contributed by atoms with Crippen LogP contribution in [-0.2, 0) is 46.5 Å². The van der Waals surface area contributed by atoms with Gasteiger partial charge in [0.25, 0.3) is 17.7 Å². The monoisotopic (exact) mass is 933 g/mol. The van der Waals surface area contributed by atoms with Crippen LogP contribution < -0.4 is 44.4 Å². The highest BCUT2D eigenvalue weighted by molar-refractivity contribution is 5.93. The average molecular weight is 934 g/mol. The number of hydrogen-bond donors (Lipinski definition) is 3. The Morgan fingerprint density at radius 1 is 0.594 bits per heavy atom. The molecule has 0 radical (unpaired) electrons. The molecule has 2 atom stereocenters. The summed E-state index contributed by atoms with van der Waals surface area (Å²) in [5, 5.41) is 8.48. The van der Waals surface area contributed by atoms with Crippen molar-refractivity contribution in [1.29, 1.82) is 0 Å². The van der Waals surface area contributed by atoms with Gasteiger partial charge in [0.2, 0.25) is 5.95 Å². The molecule has 0 bridgehead atoms. The molecule has 69 heavy (non-hydrogen) atoms. The lowest BCUT2D eigenvalue weighted by Gasteiger charge is -2.26. The third-order valence-corrected chi connectivity index (χ3v) is 12.1. The van der Waals surface area contributed by atoms with Crippen LogP contribution in [0, 0.1) is 20.8 Å². The van der Waals surface area contributed by atoms with E-state index in [2.05, 4.69) is 54.9 Å². The molecule has 16 nitrogen and oxygen atoms in total. The summed E-state index contributed by atoms with van der Waals surface area (Å²) in [6.45, 7) is 13.1. The SMILES string of the molecule is Cc1cc(C)c(NC(=O)COc2cc(CC3(C)Cc4cc(CC5(C)Cc6cccc(OCC(=O)Nc7ncccn7)c6O5)cc(OCC(=O)Nc5ccncc5)c4O3)cc3c2OC(C)(C)C3)c(C)n1. The maximum atomic E-state index is 13.3. The molecule has 0 saturated carbocycles. The third-order valence-electron chi connectivity index (χ3n) is 12.1. The number of aromatic nitrogens is 4. The highest BCUT2D eigenvalue weighted by atomic mass is 16.6. The topological polar surface area (TPSA) is 194 Å². The number of ether oxygens (including phenoxy) is 6. The third kappa shape index (κ3) is 10.9. The minimum absolute atomic E-state index is 0.188. The van der Waals surface area contributed by atoms with Gasteiger partial charge >= 0.3 is 0 Å². The standard InChI is InChI=1S/C53H55N7O9/c1-31-18-32(2)57-33(3)46(31)59-44(62)29-66-41-21-34(19-37-25-51(4,5)67-48(37)41)24-53(7)27-38-20-35(22-42(49(38)69-53)65-28-43(61)58-39-12-16-54-17-13-39)23-52(6)26-36-10-8-11-40(47(36)68-52)64-30-45(63)60-50-55-14-9-15-56-50/h8-22H,23-30H2,1-7H3,(H,59,62)(H,54,58,61)(H,55,56,60,63). The molecule has 2 unspecified atom stereocenters. The maximum Gasteiger partial charge on any atom is 0.264 e. The first kappa shape index (κ1) is 46.4. The van der Waals surface area contributed by atoms with Crippen molar-refractivity contribution in [1.82, 2.24) is 19.9 Å². The second-order valence-electron chi connectivity index (χ2n) is 19.1. The van der Waals surface area contributed by atoms with Crippen molar-refractivity contribution in [2.75, 3.05) is 35.8 Å². The van der Waals surface area contributed by atoms with Crippen LogP contribution in [0.4, 0.5) is 17.3 Å². The van der Waals surface area contributed by atoms with Gasteiger partial charge in [-0.3, -0.25) is 29.7 Å². The summed E-state index contributed by atoms with van der Waals surface area (Å²) in [4.78, 5) is 55.8. The fourth-order valence-corrected chi connectivity index (χ4v) is 9.47. The summed E-state index contributed by atoms with van der Waals surface area (Å²) in [6.07, 6.45) is 9.02. The number of aryl methyl sites for hydroxylation is 3. The molecule has 9 rings (SSSR count). The van der Waals surface area contributed by atoms with E-state index in [4.69, 9.17) is 28.4 Å². The Balaban J connectivity index is 0.936. The normalized spacial score (nSPS) is 18.1. The minimum atomic E-state index is -0.737. The van der Waals surface area contributed by atoms with Gasteiger partial charge in [-0.1, -0.05) is 24.3 Å². The minimum Gasteiger partial charge on any atom is -0.483 e. The lowest BCUT2D eigenvalue weighted by molar-refractivity contribution is -0.118. The van der Waals surface area contributed by atoms with E-state index >= 15 is 0 Å². The molecule has 3 N–H and O–H groups in total. The Morgan fingerprint density at radius 3 is 1.78 bits per heavy atom. The first-order valence-corrected chi connectivity index (χ1v) is 22.9. The van der Waals surface area contributed by atoms with Crippen LogP contribution in [0.1, 0.15) is 72.5 Å². The summed E-state index contributed by atoms with van der Waals surface area (Å²) in [6, 6.07) is 20.8. The molecule has 0 fully saturated rings. The Labute approximate surface area is 400 Å². The fraction of sp³-hybridized carbons (Fsp3) is 0.340. The number of nitrogens with zero attached hydrogens (tertiary/aromatic N) is 4. The van der Waals surface area contributed by atoms with E-state index in [1.54, 1.807) is 49.1 Å². The number of carbonyl (C=O) groups is 3. The second-order valence-corrected chi connectivity index (χ2v) is 19.1. The first-order valence-electron chi connectivity index (χ1n) is 22.9. The van der Waals surface area contributed by atoms with Crippen molar-refractivity contribution in [2.24, 2.45) is 0 Å². The van der Waals surface area contributed by atoms with Gasteiger partial charge < -0.3 is 39.1 Å². The van der Waals surface area contributed by atoms with E-state index in [0.29, 0.717) is 78.0 Å². The number of para-hydroxylation sites is 1. The van der Waals surface area contributed by atoms with E-state index in [9.17, 15) is 14.4 Å². The van der Waals surface area contributed by atoms with Crippen LogP contribution in [0.15, 0.2) is 91.5 Å². The highest BCUT2D eigenvalue weighted by Crippen LogP contribution is 2.49. The van der Waals surface area contributed by atoms with Crippen LogP contribution >= 0.6 is 0 Å². The number of pyridine rings is 2. The molecule has 3 aliphatic rings. The molecule has 0 aliphatic carbocycles. The van der Waals surface area contributed by atoms with Gasteiger partial charge in [0.15, 0.2) is 54.3 Å². The molecule has 3 aromatic carbocycles. The molecule has 3 amide bonds. The predicted octanol–water partition coefficient (Wildman–Crippen LogP) is 7.83. The molecule has 16 heteroatoms. The van der Waals surface area contributed by atoms with Gasteiger partial charge in [-0.2, -0.15) is 0 Å². The lowest BCUT2D eigenvalue weighted by atomic mass is 9.88. The van der Waals surface area contributed by atoms with Crippen molar-refractivity contribution in [2.45, 2.75) is 97.4 Å². The Kier molecular flexibility index (Phi) is 12.6. The maximum absolute atomic E-state index is 13.3. The van der Waals surface area contributed by atoms with E-state index in [1.807, 2.05) is 71.9 Å². The zero-order chi connectivity index (χ0) is 48.5. The van der Waals surface area contributed by atoms with Crippen molar-refractivity contribution in [3.05, 3.63) is 136 Å². The molecule has 6 heterocycles. The average Bonchev–Trinajstić information content (AvgIpc) is 3.93. The van der Waals surface area contributed by atoms with Crippen LogP contribution in [-0.4, -0.2) is 74.3 Å². The molecule has 6 aromatic rings. The van der Waals surface area contributed by atoms with Gasteiger partial charge in [-0.05, 0) is 108 Å². The second kappa shape index (κ2) is 18.7. The van der Waals surface area contributed by atoms with Gasteiger partial charge in [0.1, 0.15) is 16.8 Å². The van der Waals surface area contributed by atoms with Crippen molar-refractivity contribution in [3.8, 4) is 34.5 Å². The van der Waals surface area contributed by atoms with Crippen molar-refractivity contribution < 1.29 is 42.8 Å². The lowest BCUT2D eigenvalue weighted by Crippen LogP contribution is -2.33. The number of rotatable bonds is 16. The van der Waals surface area contributed by atoms with Crippen LogP contribution in [0.25, 0.3) is 0 Å². The number of fused-ring (bicyclic) bond motifs is 3. The number of carbonyl (C=O) groups excluding carboxylic acids is 3. The zero-order valence-corrected chi connectivity index (χ0v) is 39.8. The summed E-state index contributed by atoms with van der Waals surface area (Å²) in [5.41, 5.74) is 6.63. The molecule has 3 aliphatic heterocycles. The van der Waals surface area contributed by atoms with E-state index in [1.165, 1.54) is 0 Å². The Bertz CT molecular complexity index is 2930. The van der Waals surface area contributed by atoms with Gasteiger partial charge in [-0.15, -0.1) is 0 Å². The van der Waals surface area contributed by atoms with Gasteiger partial charge in [-0.25, -0.2) is 9.97 Å². The molecule has 0 saturated heterocycles. The largest absolute Gasteiger partial charge is 0.483 e. The quantitative estimate of drug-likeness (QED) is 0.0851. The number of amides is 3. The number of hydrogen-bond acceptors (Lipinski definition) is 13. The summed E-state index contributed by atoms with van der Waals surface area (Å²) < 4.78 is 38.5.